The summed E-state index contributed by atoms with van der Waals surface area (Å²) in [5.74, 6) is -0.112. The largest absolute Gasteiger partial charge is 0.359 e. The first-order valence-corrected chi connectivity index (χ1v) is 5.03. The van der Waals surface area contributed by atoms with Crippen molar-refractivity contribution in [2.24, 2.45) is 5.92 Å². The van der Waals surface area contributed by atoms with Gasteiger partial charge in [-0.1, -0.05) is 0 Å². The lowest BCUT2D eigenvalue weighted by atomic mass is 9.98. The molecule has 1 rings (SSSR count). The average molecular weight is 212 g/mol. The maximum atomic E-state index is 11.4. The van der Waals surface area contributed by atoms with Crippen molar-refractivity contribution in [3.05, 3.63) is 0 Å². The van der Waals surface area contributed by atoms with Crippen molar-refractivity contribution in [3.8, 4) is 0 Å². The number of amides is 2. The smallest absolute Gasteiger partial charge is 0.226 e. The van der Waals surface area contributed by atoms with Crippen LogP contribution in [0.3, 0.4) is 0 Å². The third-order valence-electron chi connectivity index (χ3n) is 2.54. The molecule has 5 nitrogen and oxygen atoms in total. The van der Waals surface area contributed by atoms with Crippen molar-refractivity contribution in [1.82, 2.24) is 10.2 Å². The van der Waals surface area contributed by atoms with E-state index in [4.69, 9.17) is 0 Å². The van der Waals surface area contributed by atoms with Crippen LogP contribution < -0.4 is 5.32 Å². The average Bonchev–Trinajstić information content (AvgIpc) is 2.11. The van der Waals surface area contributed by atoms with Gasteiger partial charge in [-0.3, -0.25) is 9.59 Å². The van der Waals surface area contributed by atoms with Gasteiger partial charge in [-0.15, -0.1) is 0 Å². The molecule has 5 heteroatoms. The molecule has 0 aromatic heterocycles. The predicted octanol–water partition coefficient (Wildman–Crippen LogP) is -0.440. The number of nitrogens with one attached hydrogen (secondary N) is 1. The number of carbonyl (C=O) groups excluding carboxylic acids is 3. The molecule has 1 fully saturated rings. The second kappa shape index (κ2) is 4.91. The number of likely N-dealkylation sites (tertiary alicyclic amines) is 1. The number of nitrogens with zero attached hydrogens (tertiary/aromatic N) is 1. The minimum absolute atomic E-state index is 0.0201. The van der Waals surface area contributed by atoms with Gasteiger partial charge in [0.2, 0.25) is 11.8 Å². The first-order chi connectivity index (χ1) is 7.04. The third-order valence-corrected chi connectivity index (χ3v) is 2.54. The molecule has 84 valence electrons. The van der Waals surface area contributed by atoms with E-state index < -0.39 is 0 Å². The molecule has 1 aliphatic heterocycles. The molecule has 1 aliphatic rings. The first kappa shape index (κ1) is 11.7. The monoisotopic (exact) mass is 212 g/mol. The van der Waals surface area contributed by atoms with Crippen LogP contribution in [-0.4, -0.2) is 42.6 Å². The number of Topliss-reactive ketones (excluding diaryl/α,β-unsaturated/α-hetero) is 1. The Balaban J connectivity index is 2.23. The summed E-state index contributed by atoms with van der Waals surface area (Å²) >= 11 is 0. The molecule has 0 aliphatic carbocycles. The minimum atomic E-state index is -0.0729. The summed E-state index contributed by atoms with van der Waals surface area (Å²) in [6, 6.07) is 0. The van der Waals surface area contributed by atoms with Crippen LogP contribution in [0.15, 0.2) is 0 Å². The van der Waals surface area contributed by atoms with Crippen molar-refractivity contribution >= 4 is 17.6 Å². The molecular weight excluding hydrogens is 196 g/mol. The van der Waals surface area contributed by atoms with E-state index in [1.807, 2.05) is 0 Å². The maximum Gasteiger partial charge on any atom is 0.226 e. The van der Waals surface area contributed by atoms with Crippen molar-refractivity contribution < 1.29 is 14.4 Å². The molecule has 0 saturated carbocycles. The van der Waals surface area contributed by atoms with Gasteiger partial charge in [-0.25, -0.2) is 0 Å². The molecule has 0 atom stereocenters. The molecule has 0 radical (unpaired) electrons. The van der Waals surface area contributed by atoms with Gasteiger partial charge in [0.05, 0.1) is 5.92 Å². The Morgan fingerprint density at radius 1 is 1.27 bits per heavy atom. The molecule has 2 amide bonds. The number of carbonyl (C=O) groups is 3. The molecule has 1 saturated heterocycles. The van der Waals surface area contributed by atoms with Crippen LogP contribution in [0.25, 0.3) is 0 Å². The molecule has 0 bridgehead atoms. The highest BCUT2D eigenvalue weighted by Gasteiger charge is 2.34. The maximum absolute atomic E-state index is 11.4. The van der Waals surface area contributed by atoms with Crippen LogP contribution in [0.1, 0.15) is 19.8 Å². The summed E-state index contributed by atoms with van der Waals surface area (Å²) < 4.78 is 0. The van der Waals surface area contributed by atoms with Gasteiger partial charge in [0.25, 0.3) is 0 Å². The quantitative estimate of drug-likeness (QED) is 0.687. The van der Waals surface area contributed by atoms with Gasteiger partial charge >= 0.3 is 0 Å². The highest BCUT2D eigenvalue weighted by atomic mass is 16.2. The Morgan fingerprint density at radius 3 is 2.33 bits per heavy atom. The Bertz CT molecular complexity index is 282. The molecule has 0 spiro atoms. The highest BCUT2D eigenvalue weighted by molar-refractivity contribution is 5.86. The zero-order valence-corrected chi connectivity index (χ0v) is 9.08. The zero-order valence-electron chi connectivity index (χ0n) is 9.08. The van der Waals surface area contributed by atoms with Crippen molar-refractivity contribution in [2.45, 2.75) is 19.8 Å². The van der Waals surface area contributed by atoms with Gasteiger partial charge in [-0.05, 0) is 6.92 Å². The second-order valence-electron chi connectivity index (χ2n) is 3.81. The molecular formula is C10H16N2O3. The van der Waals surface area contributed by atoms with E-state index >= 15 is 0 Å². The van der Waals surface area contributed by atoms with Crippen LogP contribution in [0.4, 0.5) is 0 Å². The molecule has 0 unspecified atom stereocenters. The third kappa shape index (κ3) is 3.04. The van der Waals surface area contributed by atoms with Crippen molar-refractivity contribution in [3.63, 3.8) is 0 Å². The van der Waals surface area contributed by atoms with E-state index in [1.165, 1.54) is 6.92 Å². The molecule has 1 heterocycles. The summed E-state index contributed by atoms with van der Waals surface area (Å²) in [6.45, 7) is 2.43. The van der Waals surface area contributed by atoms with E-state index in [0.29, 0.717) is 19.5 Å². The first-order valence-electron chi connectivity index (χ1n) is 5.03. The van der Waals surface area contributed by atoms with Gasteiger partial charge in [-0.2, -0.15) is 0 Å². The lowest BCUT2D eigenvalue weighted by molar-refractivity contribution is -0.143. The van der Waals surface area contributed by atoms with Crippen LogP contribution >= 0.6 is 0 Å². The Kier molecular flexibility index (Phi) is 3.82. The summed E-state index contributed by atoms with van der Waals surface area (Å²) in [7, 11) is 1.59. The molecule has 0 aromatic rings. The lowest BCUT2D eigenvalue weighted by Gasteiger charge is -2.38. The lowest BCUT2D eigenvalue weighted by Crippen LogP contribution is -2.55. The normalized spacial score (nSPS) is 15.7. The Hall–Kier alpha value is -1.39. The summed E-state index contributed by atoms with van der Waals surface area (Å²) in [6.07, 6.45) is 0.551. The summed E-state index contributed by atoms with van der Waals surface area (Å²) in [5.41, 5.74) is 0. The van der Waals surface area contributed by atoms with E-state index in [2.05, 4.69) is 5.32 Å². The number of hydrogen-bond donors (Lipinski definition) is 1. The van der Waals surface area contributed by atoms with Crippen LogP contribution in [0.5, 0.6) is 0 Å². The minimum Gasteiger partial charge on any atom is -0.359 e. The molecule has 0 aromatic carbocycles. The fourth-order valence-corrected chi connectivity index (χ4v) is 1.49. The van der Waals surface area contributed by atoms with Crippen molar-refractivity contribution in [1.29, 1.82) is 0 Å². The van der Waals surface area contributed by atoms with E-state index in [-0.39, 0.29) is 29.9 Å². The number of hydrogen-bond acceptors (Lipinski definition) is 3. The van der Waals surface area contributed by atoms with Crippen molar-refractivity contribution in [2.75, 3.05) is 20.1 Å². The van der Waals surface area contributed by atoms with E-state index in [0.717, 1.165) is 0 Å². The van der Waals surface area contributed by atoms with Gasteiger partial charge in [0.1, 0.15) is 5.78 Å². The van der Waals surface area contributed by atoms with Crippen LogP contribution in [0, 0.1) is 5.92 Å². The van der Waals surface area contributed by atoms with E-state index in [1.54, 1.807) is 11.9 Å². The summed E-state index contributed by atoms with van der Waals surface area (Å²) in [4.78, 5) is 34.8. The van der Waals surface area contributed by atoms with Crippen LogP contribution in [-0.2, 0) is 14.4 Å². The van der Waals surface area contributed by atoms with Crippen LogP contribution in [0.2, 0.25) is 0 Å². The fraction of sp³-hybridized carbons (Fsp3) is 0.700. The Morgan fingerprint density at radius 2 is 1.87 bits per heavy atom. The van der Waals surface area contributed by atoms with Gasteiger partial charge in [0, 0.05) is 33.0 Å². The predicted molar refractivity (Wildman–Crippen MR) is 54.1 cm³/mol. The zero-order chi connectivity index (χ0) is 11.4. The fourth-order valence-electron chi connectivity index (χ4n) is 1.49. The van der Waals surface area contributed by atoms with Gasteiger partial charge < -0.3 is 15.0 Å². The number of ketones is 1. The molecule has 1 N–H and O–H groups in total. The Labute approximate surface area is 88.8 Å². The second-order valence-corrected chi connectivity index (χ2v) is 3.81. The van der Waals surface area contributed by atoms with Gasteiger partial charge in [0.15, 0.2) is 0 Å². The summed E-state index contributed by atoms with van der Waals surface area (Å²) in [5, 5.41) is 2.55. The highest BCUT2D eigenvalue weighted by Crippen LogP contribution is 2.16. The molecule has 15 heavy (non-hydrogen) atoms. The standard InChI is InChI=1S/C10H16N2O3/c1-7(13)3-4-9(14)12-5-8(6-12)10(15)11-2/h8H,3-6H2,1-2H3,(H,11,15). The number of rotatable bonds is 4. The topological polar surface area (TPSA) is 66.5 Å². The SMILES string of the molecule is CNC(=O)C1CN(C(=O)CCC(C)=O)C1. The van der Waals surface area contributed by atoms with E-state index in [9.17, 15) is 14.4 Å².